The lowest BCUT2D eigenvalue weighted by Crippen LogP contribution is -2.39. The normalized spacial score (nSPS) is 12.3. The summed E-state index contributed by atoms with van der Waals surface area (Å²) in [6.45, 7) is 18.6. The van der Waals surface area contributed by atoms with Crippen LogP contribution in [0, 0.1) is 11.8 Å². The molecule has 0 rings (SSSR count). The molecule has 0 saturated carbocycles. The van der Waals surface area contributed by atoms with Crippen molar-refractivity contribution in [2.45, 2.75) is 66.8 Å². The predicted octanol–water partition coefficient (Wildman–Crippen LogP) is 3.77. The molecule has 0 aliphatic rings. The summed E-state index contributed by atoms with van der Waals surface area (Å²) >= 11 is 0. The molecule has 0 spiro atoms. The zero-order valence-electron chi connectivity index (χ0n) is 13.6. The standard InChI is InChI=1S/C16H36N2/c1-7-16(8-2)18(13-15(5)6)11-9-10-17-12-14(3)4/h14-17H,7-13H2,1-6H3. The van der Waals surface area contributed by atoms with E-state index in [1.54, 1.807) is 0 Å². The number of hydrogen-bond donors (Lipinski definition) is 1. The Kier molecular flexibility index (Phi) is 10.8. The average Bonchev–Trinajstić information content (AvgIpc) is 2.28. The molecule has 2 heteroatoms. The average molecular weight is 256 g/mol. The van der Waals surface area contributed by atoms with Gasteiger partial charge in [0.05, 0.1) is 0 Å². The molecule has 0 aliphatic carbocycles. The van der Waals surface area contributed by atoms with Crippen molar-refractivity contribution >= 4 is 0 Å². The fraction of sp³-hybridized carbons (Fsp3) is 1.00. The largest absolute Gasteiger partial charge is 0.316 e. The molecule has 0 saturated heterocycles. The van der Waals surface area contributed by atoms with E-state index in [4.69, 9.17) is 0 Å². The second-order valence-electron chi connectivity index (χ2n) is 6.31. The van der Waals surface area contributed by atoms with E-state index in [2.05, 4.69) is 51.8 Å². The molecule has 18 heavy (non-hydrogen) atoms. The minimum atomic E-state index is 0.760. The summed E-state index contributed by atoms with van der Waals surface area (Å²) in [6.07, 6.45) is 3.83. The van der Waals surface area contributed by atoms with Crippen LogP contribution in [0.5, 0.6) is 0 Å². The highest BCUT2D eigenvalue weighted by atomic mass is 15.2. The van der Waals surface area contributed by atoms with Gasteiger partial charge < -0.3 is 10.2 Å². The summed E-state index contributed by atoms with van der Waals surface area (Å²) in [4.78, 5) is 2.70. The Morgan fingerprint density at radius 1 is 0.944 bits per heavy atom. The van der Waals surface area contributed by atoms with Crippen molar-refractivity contribution in [3.8, 4) is 0 Å². The maximum Gasteiger partial charge on any atom is 0.00901 e. The number of hydrogen-bond acceptors (Lipinski definition) is 2. The van der Waals surface area contributed by atoms with E-state index in [0.717, 1.165) is 31.0 Å². The van der Waals surface area contributed by atoms with Crippen molar-refractivity contribution in [1.82, 2.24) is 10.2 Å². The van der Waals surface area contributed by atoms with Crippen LogP contribution in [-0.2, 0) is 0 Å². The maximum atomic E-state index is 3.54. The number of nitrogens with zero attached hydrogens (tertiary/aromatic N) is 1. The molecule has 0 aromatic heterocycles. The third kappa shape index (κ3) is 8.93. The summed E-state index contributed by atoms with van der Waals surface area (Å²) in [5, 5.41) is 3.54. The van der Waals surface area contributed by atoms with Gasteiger partial charge in [-0.1, -0.05) is 41.5 Å². The SMILES string of the molecule is CCC(CC)N(CCCNCC(C)C)CC(C)C. The molecule has 1 N–H and O–H groups in total. The molecule has 0 aliphatic heterocycles. The minimum Gasteiger partial charge on any atom is -0.316 e. The Hall–Kier alpha value is -0.0800. The molecular weight excluding hydrogens is 220 g/mol. The summed E-state index contributed by atoms with van der Waals surface area (Å²) in [5.74, 6) is 1.53. The van der Waals surface area contributed by atoms with Crippen molar-refractivity contribution in [2.24, 2.45) is 11.8 Å². The van der Waals surface area contributed by atoms with Gasteiger partial charge in [0.2, 0.25) is 0 Å². The van der Waals surface area contributed by atoms with Gasteiger partial charge in [-0.05, 0) is 50.7 Å². The van der Waals surface area contributed by atoms with E-state index >= 15 is 0 Å². The highest BCUT2D eigenvalue weighted by Crippen LogP contribution is 2.11. The number of rotatable bonds is 11. The summed E-state index contributed by atoms with van der Waals surface area (Å²) < 4.78 is 0. The van der Waals surface area contributed by atoms with Gasteiger partial charge in [0.25, 0.3) is 0 Å². The molecule has 0 radical (unpaired) electrons. The molecule has 0 aromatic rings. The summed E-state index contributed by atoms with van der Waals surface area (Å²) in [5.41, 5.74) is 0. The number of nitrogens with one attached hydrogen (secondary N) is 1. The van der Waals surface area contributed by atoms with Gasteiger partial charge in [-0.2, -0.15) is 0 Å². The fourth-order valence-corrected chi connectivity index (χ4v) is 2.49. The van der Waals surface area contributed by atoms with Gasteiger partial charge in [0.15, 0.2) is 0 Å². The second kappa shape index (κ2) is 10.8. The van der Waals surface area contributed by atoms with Crippen LogP contribution >= 0.6 is 0 Å². The fourth-order valence-electron chi connectivity index (χ4n) is 2.49. The lowest BCUT2D eigenvalue weighted by Gasteiger charge is -2.32. The van der Waals surface area contributed by atoms with E-state index in [-0.39, 0.29) is 0 Å². The van der Waals surface area contributed by atoms with Crippen molar-refractivity contribution in [1.29, 1.82) is 0 Å². The molecular formula is C16H36N2. The van der Waals surface area contributed by atoms with Crippen molar-refractivity contribution < 1.29 is 0 Å². The maximum absolute atomic E-state index is 3.54. The van der Waals surface area contributed by atoms with Crippen LogP contribution in [0.15, 0.2) is 0 Å². The van der Waals surface area contributed by atoms with Gasteiger partial charge in [-0.3, -0.25) is 0 Å². The van der Waals surface area contributed by atoms with Crippen LogP contribution in [0.1, 0.15) is 60.8 Å². The molecule has 0 aromatic carbocycles. The first-order chi connectivity index (χ1) is 8.51. The second-order valence-corrected chi connectivity index (χ2v) is 6.31. The van der Waals surface area contributed by atoms with Gasteiger partial charge in [-0.15, -0.1) is 0 Å². The minimum absolute atomic E-state index is 0.760. The highest BCUT2D eigenvalue weighted by Gasteiger charge is 2.15. The first kappa shape index (κ1) is 17.9. The van der Waals surface area contributed by atoms with E-state index in [1.807, 2.05) is 0 Å². The van der Waals surface area contributed by atoms with Crippen molar-refractivity contribution in [3.63, 3.8) is 0 Å². The zero-order valence-corrected chi connectivity index (χ0v) is 13.6. The van der Waals surface area contributed by atoms with Gasteiger partial charge in [0, 0.05) is 12.6 Å². The van der Waals surface area contributed by atoms with E-state index < -0.39 is 0 Å². The Morgan fingerprint density at radius 2 is 1.56 bits per heavy atom. The Morgan fingerprint density at radius 3 is 2.00 bits per heavy atom. The topological polar surface area (TPSA) is 15.3 Å². The van der Waals surface area contributed by atoms with E-state index in [1.165, 1.54) is 32.4 Å². The summed E-state index contributed by atoms with van der Waals surface area (Å²) in [6, 6.07) is 0.775. The smallest absolute Gasteiger partial charge is 0.00901 e. The monoisotopic (exact) mass is 256 g/mol. The first-order valence-corrected chi connectivity index (χ1v) is 7.95. The zero-order chi connectivity index (χ0) is 14.0. The Balaban J connectivity index is 3.93. The Labute approximate surface area is 116 Å². The summed E-state index contributed by atoms with van der Waals surface area (Å²) in [7, 11) is 0. The molecule has 0 unspecified atom stereocenters. The molecule has 110 valence electrons. The molecule has 2 nitrogen and oxygen atoms in total. The van der Waals surface area contributed by atoms with Crippen LogP contribution in [0.4, 0.5) is 0 Å². The molecule has 0 amide bonds. The predicted molar refractivity (Wildman–Crippen MR) is 83.1 cm³/mol. The van der Waals surface area contributed by atoms with Crippen LogP contribution in [-0.4, -0.2) is 37.1 Å². The van der Waals surface area contributed by atoms with Gasteiger partial charge in [-0.25, -0.2) is 0 Å². The van der Waals surface area contributed by atoms with Crippen molar-refractivity contribution in [2.75, 3.05) is 26.2 Å². The van der Waals surface area contributed by atoms with Crippen LogP contribution < -0.4 is 5.32 Å². The lowest BCUT2D eigenvalue weighted by atomic mass is 10.1. The van der Waals surface area contributed by atoms with Gasteiger partial charge >= 0.3 is 0 Å². The molecule has 0 bridgehead atoms. The third-order valence-electron chi connectivity index (χ3n) is 3.41. The van der Waals surface area contributed by atoms with E-state index in [0.29, 0.717) is 0 Å². The highest BCUT2D eigenvalue weighted by molar-refractivity contribution is 4.71. The van der Waals surface area contributed by atoms with Gasteiger partial charge in [0.1, 0.15) is 0 Å². The van der Waals surface area contributed by atoms with Crippen molar-refractivity contribution in [3.05, 3.63) is 0 Å². The molecule has 0 fully saturated rings. The first-order valence-electron chi connectivity index (χ1n) is 7.95. The van der Waals surface area contributed by atoms with Crippen LogP contribution in [0.2, 0.25) is 0 Å². The lowest BCUT2D eigenvalue weighted by molar-refractivity contribution is 0.163. The van der Waals surface area contributed by atoms with Crippen LogP contribution in [0.3, 0.4) is 0 Å². The molecule has 0 heterocycles. The van der Waals surface area contributed by atoms with Crippen LogP contribution in [0.25, 0.3) is 0 Å². The third-order valence-corrected chi connectivity index (χ3v) is 3.41. The Bertz CT molecular complexity index is 174. The quantitative estimate of drug-likeness (QED) is 0.566. The van der Waals surface area contributed by atoms with E-state index in [9.17, 15) is 0 Å². The molecule has 0 atom stereocenters.